The second kappa shape index (κ2) is 4.31. The lowest BCUT2D eigenvalue weighted by Crippen LogP contribution is -2.07. The van der Waals surface area contributed by atoms with Gasteiger partial charge in [-0.25, -0.2) is 14.4 Å². The summed E-state index contributed by atoms with van der Waals surface area (Å²) in [5, 5.41) is 0. The molecule has 0 radical (unpaired) electrons. The van der Waals surface area contributed by atoms with Crippen LogP contribution in [-0.4, -0.2) is 19.5 Å². The standard InChI is InChI=1S/C13H11FN4O/c1-2-10-17-11-12(15-7-16-13(11)19)18(10)9-6-4-3-5-8(9)14/h3-7H,2H2,1H3,(H,15,16,19). The van der Waals surface area contributed by atoms with Gasteiger partial charge in [0, 0.05) is 6.42 Å². The summed E-state index contributed by atoms with van der Waals surface area (Å²) in [6.07, 6.45) is 1.87. The number of aromatic amines is 1. The Morgan fingerprint density at radius 1 is 1.37 bits per heavy atom. The van der Waals surface area contributed by atoms with Crippen LogP contribution in [0.5, 0.6) is 0 Å². The maximum absolute atomic E-state index is 13.9. The van der Waals surface area contributed by atoms with Crippen molar-refractivity contribution in [3.8, 4) is 5.69 Å². The molecule has 0 saturated heterocycles. The number of aromatic nitrogens is 4. The number of nitrogens with one attached hydrogen (secondary N) is 1. The Morgan fingerprint density at radius 2 is 2.16 bits per heavy atom. The van der Waals surface area contributed by atoms with Gasteiger partial charge in [-0.05, 0) is 12.1 Å². The lowest BCUT2D eigenvalue weighted by molar-refractivity contribution is 0.616. The zero-order valence-electron chi connectivity index (χ0n) is 10.2. The van der Waals surface area contributed by atoms with Crippen LogP contribution in [0.15, 0.2) is 35.4 Å². The SMILES string of the molecule is CCc1nc2c(=O)[nH]cnc2n1-c1ccccc1F. The smallest absolute Gasteiger partial charge is 0.278 e. The number of nitrogens with zero attached hydrogens (tertiary/aromatic N) is 3. The van der Waals surface area contributed by atoms with Gasteiger partial charge in [0.05, 0.1) is 12.0 Å². The van der Waals surface area contributed by atoms with Crippen molar-refractivity contribution in [1.82, 2.24) is 19.5 Å². The van der Waals surface area contributed by atoms with Gasteiger partial charge in [0.25, 0.3) is 5.56 Å². The molecule has 0 unspecified atom stereocenters. The summed E-state index contributed by atoms with van der Waals surface area (Å²) >= 11 is 0. The largest absolute Gasteiger partial charge is 0.311 e. The summed E-state index contributed by atoms with van der Waals surface area (Å²) in [4.78, 5) is 22.5. The number of fused-ring (bicyclic) bond motifs is 1. The zero-order chi connectivity index (χ0) is 13.4. The summed E-state index contributed by atoms with van der Waals surface area (Å²) in [7, 11) is 0. The third kappa shape index (κ3) is 1.72. The van der Waals surface area contributed by atoms with E-state index in [1.165, 1.54) is 12.4 Å². The minimum atomic E-state index is -0.376. The van der Waals surface area contributed by atoms with Gasteiger partial charge in [-0.2, -0.15) is 0 Å². The highest BCUT2D eigenvalue weighted by Crippen LogP contribution is 2.20. The molecule has 0 saturated carbocycles. The molecule has 2 heterocycles. The maximum atomic E-state index is 13.9. The van der Waals surface area contributed by atoms with Crippen LogP contribution in [0.1, 0.15) is 12.7 Å². The molecule has 0 atom stereocenters. The van der Waals surface area contributed by atoms with E-state index >= 15 is 0 Å². The maximum Gasteiger partial charge on any atom is 0.278 e. The van der Waals surface area contributed by atoms with Gasteiger partial charge < -0.3 is 4.98 Å². The molecule has 0 amide bonds. The Labute approximate surface area is 107 Å². The molecule has 0 fully saturated rings. The minimum Gasteiger partial charge on any atom is -0.311 e. The first-order valence-corrected chi connectivity index (χ1v) is 5.92. The Bertz CT molecular complexity index is 806. The summed E-state index contributed by atoms with van der Waals surface area (Å²) in [6.45, 7) is 1.90. The van der Waals surface area contributed by atoms with Crippen molar-refractivity contribution in [2.75, 3.05) is 0 Å². The van der Waals surface area contributed by atoms with Gasteiger partial charge in [-0.3, -0.25) is 9.36 Å². The molecule has 0 aliphatic rings. The van der Waals surface area contributed by atoms with Crippen LogP contribution < -0.4 is 5.56 Å². The van der Waals surface area contributed by atoms with E-state index in [-0.39, 0.29) is 16.9 Å². The van der Waals surface area contributed by atoms with E-state index in [4.69, 9.17) is 0 Å². The normalized spacial score (nSPS) is 11.1. The molecule has 0 spiro atoms. The predicted molar refractivity (Wildman–Crippen MR) is 68.8 cm³/mol. The molecular formula is C13H11FN4O. The molecular weight excluding hydrogens is 247 g/mol. The molecule has 96 valence electrons. The Kier molecular flexibility index (Phi) is 2.63. The van der Waals surface area contributed by atoms with Crippen molar-refractivity contribution in [2.24, 2.45) is 0 Å². The number of H-pyrrole nitrogens is 1. The summed E-state index contributed by atoms with van der Waals surface area (Å²) < 4.78 is 15.5. The first-order valence-electron chi connectivity index (χ1n) is 5.92. The van der Waals surface area contributed by atoms with Crippen molar-refractivity contribution in [3.63, 3.8) is 0 Å². The van der Waals surface area contributed by atoms with Crippen LogP contribution >= 0.6 is 0 Å². The van der Waals surface area contributed by atoms with E-state index in [9.17, 15) is 9.18 Å². The predicted octanol–water partition coefficient (Wildman–Crippen LogP) is 1.81. The van der Waals surface area contributed by atoms with Gasteiger partial charge in [0.2, 0.25) is 0 Å². The highest BCUT2D eigenvalue weighted by molar-refractivity contribution is 5.72. The van der Waals surface area contributed by atoms with Crippen LogP contribution in [-0.2, 0) is 6.42 Å². The molecule has 19 heavy (non-hydrogen) atoms. The molecule has 5 nitrogen and oxygen atoms in total. The van der Waals surface area contributed by atoms with Crippen LogP contribution in [0.4, 0.5) is 4.39 Å². The Hall–Kier alpha value is -2.50. The number of benzene rings is 1. The van der Waals surface area contributed by atoms with Crippen LogP contribution in [0.2, 0.25) is 0 Å². The van der Waals surface area contributed by atoms with Crippen LogP contribution in [0, 0.1) is 5.82 Å². The number of rotatable bonds is 2. The zero-order valence-corrected chi connectivity index (χ0v) is 10.2. The van der Waals surface area contributed by atoms with Crippen LogP contribution in [0.3, 0.4) is 0 Å². The molecule has 0 aliphatic carbocycles. The monoisotopic (exact) mass is 258 g/mol. The second-order valence-electron chi connectivity index (χ2n) is 4.07. The van der Waals surface area contributed by atoms with Gasteiger partial charge in [0.15, 0.2) is 11.2 Å². The van der Waals surface area contributed by atoms with Crippen molar-refractivity contribution >= 4 is 11.2 Å². The molecule has 1 aromatic carbocycles. The number of para-hydroxylation sites is 1. The van der Waals surface area contributed by atoms with Crippen molar-refractivity contribution in [1.29, 1.82) is 0 Å². The lowest BCUT2D eigenvalue weighted by atomic mass is 10.3. The molecule has 2 aromatic heterocycles. The number of halogens is 1. The Morgan fingerprint density at radius 3 is 2.89 bits per heavy atom. The minimum absolute atomic E-state index is 0.225. The summed E-state index contributed by atoms with van der Waals surface area (Å²) in [6, 6.07) is 6.35. The number of imidazole rings is 1. The molecule has 0 aliphatic heterocycles. The van der Waals surface area contributed by atoms with E-state index < -0.39 is 0 Å². The fraction of sp³-hybridized carbons (Fsp3) is 0.154. The van der Waals surface area contributed by atoms with Crippen LogP contribution in [0.25, 0.3) is 16.9 Å². The average Bonchev–Trinajstić information content (AvgIpc) is 2.79. The van der Waals surface area contributed by atoms with E-state index in [0.29, 0.717) is 23.6 Å². The third-order valence-corrected chi connectivity index (χ3v) is 2.93. The topological polar surface area (TPSA) is 63.6 Å². The summed E-state index contributed by atoms with van der Waals surface area (Å²) in [5.41, 5.74) is 0.614. The molecule has 3 rings (SSSR count). The highest BCUT2D eigenvalue weighted by Gasteiger charge is 2.16. The number of hydrogen-bond donors (Lipinski definition) is 1. The Balaban J connectivity index is 2.43. The van der Waals surface area contributed by atoms with E-state index in [1.807, 2.05) is 6.92 Å². The van der Waals surface area contributed by atoms with E-state index in [2.05, 4.69) is 15.0 Å². The van der Waals surface area contributed by atoms with Gasteiger partial charge in [-0.15, -0.1) is 0 Å². The van der Waals surface area contributed by atoms with Gasteiger partial charge in [-0.1, -0.05) is 19.1 Å². The fourth-order valence-corrected chi connectivity index (χ4v) is 2.07. The molecule has 6 heteroatoms. The quantitative estimate of drug-likeness (QED) is 0.762. The fourth-order valence-electron chi connectivity index (χ4n) is 2.07. The molecule has 1 N–H and O–H groups in total. The van der Waals surface area contributed by atoms with E-state index in [1.54, 1.807) is 22.8 Å². The second-order valence-corrected chi connectivity index (χ2v) is 4.07. The average molecular weight is 258 g/mol. The third-order valence-electron chi connectivity index (χ3n) is 2.93. The van der Waals surface area contributed by atoms with Gasteiger partial charge >= 0.3 is 0 Å². The number of hydrogen-bond acceptors (Lipinski definition) is 3. The molecule has 3 aromatic rings. The van der Waals surface area contributed by atoms with Gasteiger partial charge in [0.1, 0.15) is 11.6 Å². The summed E-state index contributed by atoms with van der Waals surface area (Å²) in [5.74, 6) is 0.225. The first kappa shape index (κ1) is 11.6. The van der Waals surface area contributed by atoms with Crippen molar-refractivity contribution in [2.45, 2.75) is 13.3 Å². The first-order chi connectivity index (χ1) is 9.22. The van der Waals surface area contributed by atoms with Crippen molar-refractivity contribution in [3.05, 3.63) is 52.6 Å². The lowest BCUT2D eigenvalue weighted by Gasteiger charge is -2.07. The molecule has 0 bridgehead atoms. The van der Waals surface area contributed by atoms with Crippen molar-refractivity contribution < 1.29 is 4.39 Å². The number of aryl methyl sites for hydroxylation is 1. The van der Waals surface area contributed by atoms with E-state index in [0.717, 1.165) is 0 Å². The highest BCUT2D eigenvalue weighted by atomic mass is 19.1.